The SMILES string of the molecule is CC(=O)NC(CSC(=NO)C(O)P(=O)(O)O)C(C)=O. The molecule has 0 aliphatic heterocycles. The molecule has 0 spiro atoms. The van der Waals surface area contributed by atoms with E-state index in [-0.39, 0.29) is 11.5 Å². The van der Waals surface area contributed by atoms with Gasteiger partial charge in [0, 0.05) is 12.7 Å². The molecule has 5 N–H and O–H groups in total. The molecule has 0 fully saturated rings. The first-order valence-corrected chi connectivity index (χ1v) is 7.62. The fourth-order valence-corrected chi connectivity index (χ4v) is 2.81. The summed E-state index contributed by atoms with van der Waals surface area (Å²) in [5.41, 5.74) is 0. The number of oxime groups is 1. The third-order valence-corrected chi connectivity index (χ3v) is 4.06. The van der Waals surface area contributed by atoms with Gasteiger partial charge in [0.15, 0.2) is 10.8 Å². The molecule has 2 atom stereocenters. The van der Waals surface area contributed by atoms with E-state index in [1.807, 2.05) is 0 Å². The van der Waals surface area contributed by atoms with E-state index in [4.69, 9.17) is 15.0 Å². The van der Waals surface area contributed by atoms with Gasteiger partial charge in [-0.1, -0.05) is 5.16 Å². The summed E-state index contributed by atoms with van der Waals surface area (Å²) in [4.78, 5) is 39.5. The van der Waals surface area contributed by atoms with Crippen molar-refractivity contribution in [3.8, 4) is 0 Å². The second kappa shape index (κ2) is 7.61. The number of rotatable bonds is 6. The molecule has 0 aliphatic carbocycles. The van der Waals surface area contributed by atoms with Gasteiger partial charge in [-0.05, 0) is 6.92 Å². The Kier molecular flexibility index (Phi) is 7.24. The Bertz CT molecular complexity index is 421. The molecule has 0 bridgehead atoms. The average Bonchev–Trinajstić information content (AvgIpc) is 2.25. The molecule has 0 rings (SSSR count). The van der Waals surface area contributed by atoms with Crippen molar-refractivity contribution in [2.24, 2.45) is 5.16 Å². The van der Waals surface area contributed by atoms with Crippen molar-refractivity contribution in [1.82, 2.24) is 5.32 Å². The van der Waals surface area contributed by atoms with E-state index in [0.717, 1.165) is 0 Å². The van der Waals surface area contributed by atoms with Crippen LogP contribution in [0, 0.1) is 0 Å². The standard InChI is InChI=1S/C8H15N2O7PS/c1-4(11)6(9-5(2)12)3-19-7(10-14)8(13)18(15,16)17/h6,8,13-14H,3H2,1-2H3,(H,9,12)(H2,15,16,17). The highest BCUT2D eigenvalue weighted by atomic mass is 32.2. The molecule has 19 heavy (non-hydrogen) atoms. The second-order valence-electron chi connectivity index (χ2n) is 3.58. The highest BCUT2D eigenvalue weighted by molar-refractivity contribution is 8.14. The average molecular weight is 314 g/mol. The second-order valence-corrected chi connectivity index (χ2v) is 6.28. The number of aliphatic hydroxyl groups is 1. The summed E-state index contributed by atoms with van der Waals surface area (Å²) in [6.07, 6.45) is 0. The van der Waals surface area contributed by atoms with E-state index < -0.39 is 30.4 Å². The van der Waals surface area contributed by atoms with Gasteiger partial charge in [-0.2, -0.15) is 0 Å². The number of hydrogen-bond acceptors (Lipinski definition) is 7. The fourth-order valence-electron chi connectivity index (χ4n) is 0.974. The van der Waals surface area contributed by atoms with Crippen molar-refractivity contribution < 1.29 is 34.3 Å². The number of ketones is 1. The van der Waals surface area contributed by atoms with Crippen molar-refractivity contribution >= 4 is 36.1 Å². The van der Waals surface area contributed by atoms with Crippen molar-refractivity contribution in [2.75, 3.05) is 5.75 Å². The monoisotopic (exact) mass is 314 g/mol. The van der Waals surface area contributed by atoms with E-state index >= 15 is 0 Å². The summed E-state index contributed by atoms with van der Waals surface area (Å²) in [5, 5.41) is 22.1. The molecule has 0 heterocycles. The predicted molar refractivity (Wildman–Crippen MR) is 68.0 cm³/mol. The number of aliphatic hydroxyl groups excluding tert-OH is 1. The van der Waals surface area contributed by atoms with E-state index in [9.17, 15) is 19.3 Å². The zero-order valence-corrected chi connectivity index (χ0v) is 11.9. The first kappa shape index (κ1) is 18.1. The lowest BCUT2D eigenvalue weighted by molar-refractivity contribution is -0.125. The van der Waals surface area contributed by atoms with Crippen LogP contribution < -0.4 is 5.32 Å². The quantitative estimate of drug-likeness (QED) is 0.139. The van der Waals surface area contributed by atoms with Crippen LogP contribution in [0.25, 0.3) is 0 Å². The van der Waals surface area contributed by atoms with Gasteiger partial charge in [-0.15, -0.1) is 11.8 Å². The minimum Gasteiger partial charge on any atom is -0.410 e. The lowest BCUT2D eigenvalue weighted by Gasteiger charge is -2.17. The summed E-state index contributed by atoms with van der Waals surface area (Å²) >= 11 is 0.557. The van der Waals surface area contributed by atoms with Crippen molar-refractivity contribution in [1.29, 1.82) is 0 Å². The number of nitrogens with one attached hydrogen (secondary N) is 1. The first-order chi connectivity index (χ1) is 8.59. The van der Waals surface area contributed by atoms with Gasteiger partial charge >= 0.3 is 7.60 Å². The van der Waals surface area contributed by atoms with Crippen LogP contribution >= 0.6 is 19.4 Å². The van der Waals surface area contributed by atoms with E-state index in [1.165, 1.54) is 13.8 Å². The molecule has 1 amide bonds. The Morgan fingerprint density at radius 1 is 1.37 bits per heavy atom. The fraction of sp³-hybridized carbons (Fsp3) is 0.625. The first-order valence-electron chi connectivity index (χ1n) is 4.95. The number of amides is 1. The van der Waals surface area contributed by atoms with Crippen molar-refractivity contribution in [3.63, 3.8) is 0 Å². The molecular weight excluding hydrogens is 299 g/mol. The van der Waals surface area contributed by atoms with Crippen LogP contribution in [-0.2, 0) is 14.2 Å². The van der Waals surface area contributed by atoms with Gasteiger partial charge in [0.05, 0.1) is 6.04 Å². The maximum absolute atomic E-state index is 11.2. The smallest absolute Gasteiger partial charge is 0.360 e. The largest absolute Gasteiger partial charge is 0.410 e. The molecule has 11 heteroatoms. The van der Waals surface area contributed by atoms with Crippen molar-refractivity contribution in [2.45, 2.75) is 25.7 Å². The zero-order valence-electron chi connectivity index (χ0n) is 10.2. The molecule has 0 aliphatic rings. The van der Waals surface area contributed by atoms with Gasteiger partial charge in [0.25, 0.3) is 0 Å². The number of thioether (sulfide) groups is 1. The highest BCUT2D eigenvalue weighted by Gasteiger charge is 2.33. The summed E-state index contributed by atoms with van der Waals surface area (Å²) < 4.78 is 10.8. The summed E-state index contributed by atoms with van der Waals surface area (Å²) in [6, 6.07) is -0.914. The van der Waals surface area contributed by atoms with Gasteiger partial charge < -0.3 is 25.4 Å². The maximum atomic E-state index is 11.2. The zero-order chi connectivity index (χ0) is 15.2. The number of nitrogens with zero attached hydrogens (tertiary/aromatic N) is 1. The molecule has 9 nitrogen and oxygen atoms in total. The molecule has 0 saturated carbocycles. The Morgan fingerprint density at radius 3 is 2.21 bits per heavy atom. The lowest BCUT2D eigenvalue weighted by Crippen LogP contribution is -2.41. The van der Waals surface area contributed by atoms with Crippen molar-refractivity contribution in [3.05, 3.63) is 0 Å². The topological polar surface area (TPSA) is 157 Å². The van der Waals surface area contributed by atoms with E-state index in [0.29, 0.717) is 11.8 Å². The normalized spacial score (nSPS) is 15.7. The molecule has 0 radical (unpaired) electrons. The van der Waals surface area contributed by atoms with Gasteiger partial charge in [0.1, 0.15) is 0 Å². The minimum atomic E-state index is -4.87. The van der Waals surface area contributed by atoms with E-state index in [2.05, 4.69) is 10.5 Å². The molecule has 0 aromatic heterocycles. The summed E-state index contributed by atoms with van der Waals surface area (Å²) in [6.45, 7) is 2.42. The summed E-state index contributed by atoms with van der Waals surface area (Å²) in [7, 11) is -4.87. The molecule has 110 valence electrons. The predicted octanol–water partition coefficient (Wildman–Crippen LogP) is -0.903. The van der Waals surface area contributed by atoms with Gasteiger partial charge in [-0.3, -0.25) is 14.2 Å². The van der Waals surface area contributed by atoms with Gasteiger partial charge in [0.2, 0.25) is 11.8 Å². The number of carbonyl (C=O) groups is 2. The minimum absolute atomic E-state index is 0.134. The molecule has 2 unspecified atom stereocenters. The molecule has 0 aromatic carbocycles. The Balaban J connectivity index is 4.70. The lowest BCUT2D eigenvalue weighted by atomic mass is 10.2. The Labute approximate surface area is 113 Å². The van der Waals surface area contributed by atoms with Crippen LogP contribution in [0.5, 0.6) is 0 Å². The van der Waals surface area contributed by atoms with Crippen LogP contribution in [0.4, 0.5) is 0 Å². The molecule has 0 saturated heterocycles. The Hall–Kier alpha value is -0.930. The number of hydrogen-bond donors (Lipinski definition) is 5. The van der Waals surface area contributed by atoms with Crippen LogP contribution in [0.2, 0.25) is 0 Å². The van der Waals surface area contributed by atoms with Crippen LogP contribution in [0.15, 0.2) is 5.16 Å². The number of carbonyl (C=O) groups excluding carboxylic acids is 2. The van der Waals surface area contributed by atoms with E-state index in [1.54, 1.807) is 0 Å². The third-order valence-electron chi connectivity index (χ3n) is 1.90. The molecule has 0 aromatic rings. The van der Waals surface area contributed by atoms with Crippen LogP contribution in [-0.4, -0.2) is 54.5 Å². The van der Waals surface area contributed by atoms with Crippen LogP contribution in [0.3, 0.4) is 0 Å². The maximum Gasteiger partial charge on any atom is 0.360 e. The summed E-state index contributed by atoms with van der Waals surface area (Å²) in [5.74, 6) is -3.25. The highest BCUT2D eigenvalue weighted by Crippen LogP contribution is 2.42. The third kappa shape index (κ3) is 6.69. The number of Topliss-reactive ketones (excluding diaryl/α,β-unsaturated/α-hetero) is 1. The van der Waals surface area contributed by atoms with Gasteiger partial charge in [-0.25, -0.2) is 0 Å². The Morgan fingerprint density at radius 2 is 1.89 bits per heavy atom. The van der Waals surface area contributed by atoms with Crippen LogP contribution in [0.1, 0.15) is 13.8 Å². The molecular formula is C8H15N2O7PS.